The van der Waals surface area contributed by atoms with Crippen LogP contribution in [0.1, 0.15) is 18.4 Å². The molecule has 0 bridgehead atoms. The number of hydrogen-bond donors (Lipinski definition) is 1. The van der Waals surface area contributed by atoms with Crippen molar-refractivity contribution in [3.8, 4) is 0 Å². The molecule has 2 rings (SSSR count). The Kier molecular flexibility index (Phi) is 5.26. The Hall–Kier alpha value is -0.120. The molecule has 1 fully saturated rings. The summed E-state index contributed by atoms with van der Waals surface area (Å²) in [6.45, 7) is 2.40. The van der Waals surface area contributed by atoms with E-state index in [9.17, 15) is 0 Å². The van der Waals surface area contributed by atoms with Crippen molar-refractivity contribution in [2.45, 2.75) is 29.1 Å². The summed E-state index contributed by atoms with van der Waals surface area (Å²) in [6.07, 6.45) is 8.27. The van der Waals surface area contributed by atoms with Gasteiger partial charge in [0.15, 0.2) is 0 Å². The number of hydrogen-bond acceptors (Lipinski definition) is 3. The molecule has 1 aromatic rings. The predicted molar refractivity (Wildman–Crippen MR) is 79.3 cm³/mol. The minimum Gasteiger partial charge on any atom is -0.316 e. The monoisotopic (exact) mass is 267 g/mol. The van der Waals surface area contributed by atoms with Crippen molar-refractivity contribution in [3.63, 3.8) is 0 Å². The Morgan fingerprint density at radius 2 is 2.06 bits per heavy atom. The number of nitrogens with one attached hydrogen (secondary N) is 1. The van der Waals surface area contributed by atoms with E-state index in [-0.39, 0.29) is 0 Å². The van der Waals surface area contributed by atoms with Gasteiger partial charge in [-0.15, -0.1) is 23.5 Å². The van der Waals surface area contributed by atoms with Crippen LogP contribution in [0, 0.1) is 5.92 Å². The van der Waals surface area contributed by atoms with Crippen LogP contribution in [0.15, 0.2) is 28.0 Å². The maximum Gasteiger partial charge on any atom is 0.0208 e. The molecule has 1 aromatic carbocycles. The third kappa shape index (κ3) is 3.67. The van der Waals surface area contributed by atoms with Crippen LogP contribution in [-0.2, 0) is 6.42 Å². The highest BCUT2D eigenvalue weighted by Crippen LogP contribution is 2.30. The fourth-order valence-corrected chi connectivity index (χ4v) is 3.94. The normalized spacial score (nSPS) is 20.5. The minimum atomic E-state index is 0.832. The Morgan fingerprint density at radius 1 is 1.24 bits per heavy atom. The molecule has 1 unspecified atom stereocenters. The average Bonchev–Trinajstić information content (AvgIpc) is 2.40. The minimum absolute atomic E-state index is 0.832. The van der Waals surface area contributed by atoms with Crippen LogP contribution in [0.5, 0.6) is 0 Å². The van der Waals surface area contributed by atoms with E-state index in [0.717, 1.165) is 5.92 Å². The summed E-state index contributed by atoms with van der Waals surface area (Å²) < 4.78 is 0. The summed E-state index contributed by atoms with van der Waals surface area (Å²) in [7, 11) is 0. The quantitative estimate of drug-likeness (QED) is 0.836. The van der Waals surface area contributed by atoms with Crippen molar-refractivity contribution >= 4 is 23.5 Å². The smallest absolute Gasteiger partial charge is 0.0208 e. The van der Waals surface area contributed by atoms with Gasteiger partial charge in [0.05, 0.1) is 0 Å². The Morgan fingerprint density at radius 3 is 2.71 bits per heavy atom. The van der Waals surface area contributed by atoms with E-state index in [0.29, 0.717) is 0 Å². The molecule has 0 saturated carbocycles. The Balaban J connectivity index is 2.05. The van der Waals surface area contributed by atoms with E-state index in [1.165, 1.54) is 47.7 Å². The summed E-state index contributed by atoms with van der Waals surface area (Å²) in [5.41, 5.74) is 1.50. The molecule has 1 atom stereocenters. The maximum atomic E-state index is 3.50. The van der Waals surface area contributed by atoms with Crippen LogP contribution in [-0.4, -0.2) is 25.6 Å². The van der Waals surface area contributed by atoms with Crippen LogP contribution < -0.4 is 5.32 Å². The molecule has 0 amide bonds. The van der Waals surface area contributed by atoms with Gasteiger partial charge in [0.1, 0.15) is 0 Å². The van der Waals surface area contributed by atoms with Gasteiger partial charge in [0, 0.05) is 9.79 Å². The molecule has 1 nitrogen and oxygen atoms in total. The Bertz CT molecular complexity index is 359. The molecule has 0 spiro atoms. The van der Waals surface area contributed by atoms with Crippen molar-refractivity contribution in [3.05, 3.63) is 23.8 Å². The topological polar surface area (TPSA) is 12.0 Å². The number of piperidine rings is 1. The predicted octanol–water partition coefficient (Wildman–Crippen LogP) is 3.67. The van der Waals surface area contributed by atoms with Gasteiger partial charge in [-0.3, -0.25) is 0 Å². The van der Waals surface area contributed by atoms with Crippen LogP contribution in [0.25, 0.3) is 0 Å². The van der Waals surface area contributed by atoms with Gasteiger partial charge in [-0.1, -0.05) is 6.07 Å². The van der Waals surface area contributed by atoms with Crippen LogP contribution in [0.3, 0.4) is 0 Å². The van der Waals surface area contributed by atoms with E-state index >= 15 is 0 Å². The third-order valence-electron chi connectivity index (χ3n) is 3.37. The van der Waals surface area contributed by atoms with Gasteiger partial charge in [-0.25, -0.2) is 0 Å². The molecule has 94 valence electrons. The van der Waals surface area contributed by atoms with E-state index in [1.54, 1.807) is 0 Å². The number of rotatable bonds is 4. The van der Waals surface area contributed by atoms with Gasteiger partial charge in [0.2, 0.25) is 0 Å². The highest BCUT2D eigenvalue weighted by molar-refractivity contribution is 8.01. The standard InChI is InChI=1S/C14H21NS2/c1-16-13-6-5-11(9-14(13)17-2)8-12-4-3-7-15-10-12/h5-6,9,12,15H,3-4,7-8,10H2,1-2H3. The SMILES string of the molecule is CSc1ccc(CC2CCCNC2)cc1SC. The number of benzene rings is 1. The third-order valence-corrected chi connectivity index (χ3v) is 5.07. The molecule has 17 heavy (non-hydrogen) atoms. The lowest BCUT2D eigenvalue weighted by Crippen LogP contribution is -2.30. The molecule has 0 aliphatic carbocycles. The first-order valence-corrected chi connectivity index (χ1v) is 8.70. The van der Waals surface area contributed by atoms with Crippen molar-refractivity contribution in [1.82, 2.24) is 5.32 Å². The van der Waals surface area contributed by atoms with E-state index in [4.69, 9.17) is 0 Å². The average molecular weight is 267 g/mol. The van der Waals surface area contributed by atoms with Gasteiger partial charge in [0.25, 0.3) is 0 Å². The molecule has 1 aliphatic rings. The molecular formula is C14H21NS2. The molecule has 1 saturated heterocycles. The lowest BCUT2D eigenvalue weighted by atomic mass is 9.92. The molecule has 3 heteroatoms. The molecule has 0 aromatic heterocycles. The van der Waals surface area contributed by atoms with Crippen molar-refractivity contribution in [2.75, 3.05) is 25.6 Å². The maximum absolute atomic E-state index is 3.50. The van der Waals surface area contributed by atoms with Crippen molar-refractivity contribution in [2.24, 2.45) is 5.92 Å². The molecular weight excluding hydrogens is 246 g/mol. The van der Waals surface area contributed by atoms with Gasteiger partial charge in [-0.05, 0) is 68.5 Å². The van der Waals surface area contributed by atoms with E-state index in [1.807, 2.05) is 23.5 Å². The fourth-order valence-electron chi connectivity index (χ4n) is 2.44. The molecule has 1 heterocycles. The van der Waals surface area contributed by atoms with Crippen molar-refractivity contribution < 1.29 is 0 Å². The zero-order chi connectivity index (χ0) is 12.1. The molecule has 1 N–H and O–H groups in total. The highest BCUT2D eigenvalue weighted by Gasteiger charge is 2.14. The highest BCUT2D eigenvalue weighted by atomic mass is 32.2. The van der Waals surface area contributed by atoms with Crippen LogP contribution in [0.2, 0.25) is 0 Å². The summed E-state index contributed by atoms with van der Waals surface area (Å²) in [5.74, 6) is 0.832. The number of thioether (sulfide) groups is 2. The second-order valence-electron chi connectivity index (χ2n) is 4.61. The first kappa shape index (κ1) is 13.3. The lowest BCUT2D eigenvalue weighted by molar-refractivity contribution is 0.376. The van der Waals surface area contributed by atoms with Crippen LogP contribution in [0.4, 0.5) is 0 Å². The summed E-state index contributed by atoms with van der Waals surface area (Å²) in [4.78, 5) is 2.83. The first-order chi connectivity index (χ1) is 8.33. The van der Waals surface area contributed by atoms with Gasteiger partial charge < -0.3 is 5.32 Å². The zero-order valence-corrected chi connectivity index (χ0v) is 12.3. The summed E-state index contributed by atoms with van der Waals surface area (Å²) in [5, 5.41) is 3.50. The molecule has 1 aliphatic heterocycles. The lowest BCUT2D eigenvalue weighted by Gasteiger charge is -2.23. The molecule has 0 radical (unpaired) electrons. The van der Waals surface area contributed by atoms with Crippen molar-refractivity contribution in [1.29, 1.82) is 0 Å². The van der Waals surface area contributed by atoms with Crippen LogP contribution >= 0.6 is 23.5 Å². The second kappa shape index (κ2) is 6.72. The Labute approximate surface area is 113 Å². The first-order valence-electron chi connectivity index (χ1n) is 6.25. The van der Waals surface area contributed by atoms with E-state index in [2.05, 4.69) is 36.0 Å². The van der Waals surface area contributed by atoms with Gasteiger partial charge in [-0.2, -0.15) is 0 Å². The summed E-state index contributed by atoms with van der Waals surface area (Å²) in [6, 6.07) is 6.97. The second-order valence-corrected chi connectivity index (χ2v) is 6.30. The zero-order valence-electron chi connectivity index (χ0n) is 10.7. The van der Waals surface area contributed by atoms with Gasteiger partial charge >= 0.3 is 0 Å². The fraction of sp³-hybridized carbons (Fsp3) is 0.571. The summed E-state index contributed by atoms with van der Waals surface area (Å²) >= 11 is 3.70. The van der Waals surface area contributed by atoms with E-state index < -0.39 is 0 Å². The largest absolute Gasteiger partial charge is 0.316 e.